The molecule has 1 fully saturated rings. The standard InChI is InChI=1S/C17H22N4O2/c1-17(2)10-21(9-8-13(17)18)16(23)14-15(22)11-6-4-5-7-12(11)20(3)19-14/h4-7,13H,8-10,18H2,1-3H3. The Morgan fingerprint density at radius 3 is 2.74 bits per heavy atom. The summed E-state index contributed by atoms with van der Waals surface area (Å²) in [5.41, 5.74) is 6.34. The van der Waals surface area contributed by atoms with Crippen LogP contribution in [-0.4, -0.2) is 39.7 Å². The van der Waals surface area contributed by atoms with Gasteiger partial charge in [-0.05, 0) is 24.0 Å². The average Bonchev–Trinajstić information content (AvgIpc) is 2.53. The number of aryl methyl sites for hydroxylation is 1. The number of piperidine rings is 1. The molecule has 1 aliphatic heterocycles. The van der Waals surface area contributed by atoms with Crippen LogP contribution in [0.4, 0.5) is 0 Å². The minimum absolute atomic E-state index is 0.0162. The molecule has 1 aliphatic rings. The summed E-state index contributed by atoms with van der Waals surface area (Å²) in [5.74, 6) is -0.309. The van der Waals surface area contributed by atoms with Gasteiger partial charge in [0.05, 0.1) is 5.52 Å². The van der Waals surface area contributed by atoms with E-state index in [0.717, 1.165) is 11.9 Å². The van der Waals surface area contributed by atoms with E-state index in [1.165, 1.54) is 0 Å². The molecule has 1 aromatic carbocycles. The van der Waals surface area contributed by atoms with E-state index in [2.05, 4.69) is 5.10 Å². The van der Waals surface area contributed by atoms with Crippen molar-refractivity contribution < 1.29 is 4.79 Å². The van der Waals surface area contributed by atoms with E-state index >= 15 is 0 Å². The molecule has 1 amide bonds. The van der Waals surface area contributed by atoms with E-state index in [0.29, 0.717) is 18.5 Å². The Labute approximate surface area is 134 Å². The minimum Gasteiger partial charge on any atom is -0.336 e. The number of carbonyl (C=O) groups is 1. The highest BCUT2D eigenvalue weighted by atomic mass is 16.2. The lowest BCUT2D eigenvalue weighted by atomic mass is 9.79. The molecule has 0 aliphatic carbocycles. The van der Waals surface area contributed by atoms with E-state index in [-0.39, 0.29) is 28.5 Å². The predicted octanol–water partition coefficient (Wildman–Crippen LogP) is 1.13. The van der Waals surface area contributed by atoms with Crippen LogP contribution in [0.2, 0.25) is 0 Å². The monoisotopic (exact) mass is 314 g/mol. The van der Waals surface area contributed by atoms with Gasteiger partial charge >= 0.3 is 0 Å². The zero-order chi connectivity index (χ0) is 16.8. The van der Waals surface area contributed by atoms with Crippen LogP contribution in [0.5, 0.6) is 0 Å². The molecule has 122 valence electrons. The molecular formula is C17H22N4O2. The lowest BCUT2D eigenvalue weighted by Crippen LogP contribution is -2.54. The molecule has 1 saturated heterocycles. The molecule has 2 N–H and O–H groups in total. The summed E-state index contributed by atoms with van der Waals surface area (Å²) in [4.78, 5) is 27.2. The molecule has 2 heterocycles. The first-order chi connectivity index (χ1) is 10.8. The van der Waals surface area contributed by atoms with E-state index in [9.17, 15) is 9.59 Å². The van der Waals surface area contributed by atoms with Gasteiger partial charge in [-0.1, -0.05) is 26.0 Å². The molecule has 0 radical (unpaired) electrons. The van der Waals surface area contributed by atoms with E-state index in [4.69, 9.17) is 5.73 Å². The topological polar surface area (TPSA) is 81.2 Å². The number of hydrogen-bond acceptors (Lipinski definition) is 4. The van der Waals surface area contributed by atoms with Crippen LogP contribution in [0.25, 0.3) is 10.9 Å². The molecule has 6 nitrogen and oxygen atoms in total. The van der Waals surface area contributed by atoms with E-state index in [1.54, 1.807) is 28.8 Å². The van der Waals surface area contributed by atoms with Crippen molar-refractivity contribution in [3.8, 4) is 0 Å². The van der Waals surface area contributed by atoms with Crippen LogP contribution < -0.4 is 11.2 Å². The van der Waals surface area contributed by atoms with Gasteiger partial charge in [0, 0.05) is 31.6 Å². The van der Waals surface area contributed by atoms with E-state index < -0.39 is 0 Å². The number of fused-ring (bicyclic) bond motifs is 1. The zero-order valence-electron chi connectivity index (χ0n) is 13.7. The third-order valence-electron chi connectivity index (χ3n) is 4.76. The van der Waals surface area contributed by atoms with Crippen molar-refractivity contribution in [3.63, 3.8) is 0 Å². The summed E-state index contributed by atoms with van der Waals surface area (Å²) in [6, 6.07) is 7.24. The van der Waals surface area contributed by atoms with Crippen LogP contribution in [0.15, 0.2) is 29.1 Å². The highest BCUT2D eigenvalue weighted by Crippen LogP contribution is 2.28. The van der Waals surface area contributed by atoms with Gasteiger partial charge in [-0.2, -0.15) is 5.10 Å². The van der Waals surface area contributed by atoms with Crippen molar-refractivity contribution in [1.29, 1.82) is 0 Å². The number of nitrogens with zero attached hydrogens (tertiary/aromatic N) is 3. The Hall–Kier alpha value is -2.21. The van der Waals surface area contributed by atoms with Gasteiger partial charge in [0.15, 0.2) is 5.69 Å². The predicted molar refractivity (Wildman–Crippen MR) is 89.3 cm³/mol. The second-order valence-electron chi connectivity index (χ2n) is 6.93. The number of carbonyl (C=O) groups excluding carboxylic acids is 1. The highest BCUT2D eigenvalue weighted by molar-refractivity contribution is 5.95. The van der Waals surface area contributed by atoms with Crippen molar-refractivity contribution in [2.45, 2.75) is 26.3 Å². The van der Waals surface area contributed by atoms with Crippen LogP contribution in [-0.2, 0) is 7.05 Å². The average molecular weight is 314 g/mol. The Bertz CT molecular complexity index is 825. The maximum absolute atomic E-state index is 12.8. The van der Waals surface area contributed by atoms with E-state index in [1.807, 2.05) is 26.0 Å². The van der Waals surface area contributed by atoms with Crippen LogP contribution >= 0.6 is 0 Å². The van der Waals surface area contributed by atoms with Gasteiger partial charge in [-0.25, -0.2) is 0 Å². The molecule has 23 heavy (non-hydrogen) atoms. The summed E-state index contributed by atoms with van der Waals surface area (Å²) >= 11 is 0. The van der Waals surface area contributed by atoms with Gasteiger partial charge in [0.2, 0.25) is 5.43 Å². The SMILES string of the molecule is Cn1nc(C(=O)N2CCC(N)C(C)(C)C2)c(=O)c2ccccc21. The maximum atomic E-state index is 12.8. The number of para-hydroxylation sites is 1. The number of rotatable bonds is 1. The normalized spacial score (nSPS) is 20.7. The van der Waals surface area contributed by atoms with Gasteiger partial charge in [0.25, 0.3) is 5.91 Å². The Morgan fingerprint density at radius 2 is 2.04 bits per heavy atom. The zero-order valence-corrected chi connectivity index (χ0v) is 13.7. The molecule has 2 aromatic rings. The van der Waals surface area contributed by atoms with Crippen molar-refractivity contribution in [1.82, 2.24) is 14.7 Å². The summed E-state index contributed by atoms with van der Waals surface area (Å²) in [6.07, 6.45) is 0.729. The number of hydrogen-bond donors (Lipinski definition) is 1. The van der Waals surface area contributed by atoms with Crippen molar-refractivity contribution in [2.24, 2.45) is 18.2 Å². The summed E-state index contributed by atoms with van der Waals surface area (Å²) in [5, 5.41) is 4.74. The minimum atomic E-state index is -0.309. The van der Waals surface area contributed by atoms with Gasteiger partial charge in [0.1, 0.15) is 0 Å². The highest BCUT2D eigenvalue weighted by Gasteiger charge is 2.36. The first-order valence-corrected chi connectivity index (χ1v) is 7.82. The molecular weight excluding hydrogens is 292 g/mol. The Morgan fingerprint density at radius 1 is 1.35 bits per heavy atom. The number of nitrogens with two attached hydrogens (primary N) is 1. The van der Waals surface area contributed by atoms with Gasteiger partial charge < -0.3 is 10.6 Å². The molecule has 3 rings (SSSR count). The second kappa shape index (κ2) is 5.45. The lowest BCUT2D eigenvalue weighted by Gasteiger charge is -2.42. The molecule has 0 bridgehead atoms. The fraction of sp³-hybridized carbons (Fsp3) is 0.471. The molecule has 6 heteroatoms. The fourth-order valence-corrected chi connectivity index (χ4v) is 3.16. The molecule has 1 atom stereocenters. The number of benzene rings is 1. The van der Waals surface area contributed by atoms with Gasteiger partial charge in [-0.15, -0.1) is 0 Å². The molecule has 0 spiro atoms. The number of likely N-dealkylation sites (tertiary alicyclic amines) is 1. The Balaban J connectivity index is 2.02. The quantitative estimate of drug-likeness (QED) is 0.855. The Kier molecular flexibility index (Phi) is 3.72. The van der Waals surface area contributed by atoms with Crippen molar-refractivity contribution in [2.75, 3.05) is 13.1 Å². The third-order valence-corrected chi connectivity index (χ3v) is 4.76. The van der Waals surface area contributed by atoms with Crippen LogP contribution in [0.1, 0.15) is 30.8 Å². The fourth-order valence-electron chi connectivity index (χ4n) is 3.16. The lowest BCUT2D eigenvalue weighted by molar-refractivity contribution is 0.0524. The first-order valence-electron chi connectivity index (χ1n) is 7.82. The smallest absolute Gasteiger partial charge is 0.278 e. The summed E-state index contributed by atoms with van der Waals surface area (Å²) in [6.45, 7) is 5.18. The maximum Gasteiger partial charge on any atom is 0.278 e. The first kappa shape index (κ1) is 15.7. The largest absolute Gasteiger partial charge is 0.336 e. The second-order valence-corrected chi connectivity index (χ2v) is 6.93. The van der Waals surface area contributed by atoms with Crippen LogP contribution in [0.3, 0.4) is 0 Å². The summed E-state index contributed by atoms with van der Waals surface area (Å²) < 4.78 is 1.59. The van der Waals surface area contributed by atoms with Gasteiger partial charge in [-0.3, -0.25) is 14.3 Å². The van der Waals surface area contributed by atoms with Crippen molar-refractivity contribution in [3.05, 3.63) is 40.2 Å². The third kappa shape index (κ3) is 2.63. The van der Waals surface area contributed by atoms with Crippen LogP contribution in [0, 0.1) is 5.41 Å². The number of amides is 1. The summed E-state index contributed by atoms with van der Waals surface area (Å²) in [7, 11) is 1.74. The number of aromatic nitrogens is 2. The van der Waals surface area contributed by atoms with Crippen molar-refractivity contribution >= 4 is 16.8 Å². The molecule has 0 saturated carbocycles. The molecule has 1 unspecified atom stereocenters. The molecule has 1 aromatic heterocycles.